The van der Waals surface area contributed by atoms with E-state index in [1.165, 1.54) is 40.9 Å². The molecule has 2 amide bonds. The van der Waals surface area contributed by atoms with E-state index in [9.17, 15) is 9.59 Å². The number of piperazine rings is 1. The number of hydrogen-bond donors (Lipinski definition) is 1. The van der Waals surface area contributed by atoms with Gasteiger partial charge in [0.1, 0.15) is 5.69 Å². The molecule has 0 spiro atoms. The van der Waals surface area contributed by atoms with Gasteiger partial charge in [-0.2, -0.15) is 0 Å². The molecule has 1 aromatic heterocycles. The summed E-state index contributed by atoms with van der Waals surface area (Å²) >= 11 is 0. The van der Waals surface area contributed by atoms with Gasteiger partial charge in [0.05, 0.1) is 12.2 Å². The molecule has 0 saturated carbocycles. The number of rotatable bonds is 7. The van der Waals surface area contributed by atoms with Crippen LogP contribution in [0.4, 0.5) is 11.4 Å². The van der Waals surface area contributed by atoms with Crippen molar-refractivity contribution >= 4 is 34.0 Å². The Balaban J connectivity index is 1.27. The fraction of sp³-hybridized carbons (Fsp3) is 0.406. The topological polar surface area (TPSA) is 72.0 Å². The molecule has 1 N–H and O–H groups in total. The van der Waals surface area contributed by atoms with Gasteiger partial charge in [0, 0.05) is 68.1 Å². The van der Waals surface area contributed by atoms with Crippen molar-refractivity contribution < 1.29 is 9.59 Å². The Morgan fingerprint density at radius 3 is 2.48 bits per heavy atom. The molecular formula is C32H38N6O2. The second-order valence-electron chi connectivity index (χ2n) is 10.9. The third kappa shape index (κ3) is 5.41. The summed E-state index contributed by atoms with van der Waals surface area (Å²) in [5, 5.41) is 5.57. The highest BCUT2D eigenvalue weighted by Crippen LogP contribution is 2.34. The van der Waals surface area contributed by atoms with Crippen molar-refractivity contribution in [3.63, 3.8) is 0 Å². The molecule has 0 atom stereocenters. The molecule has 2 saturated heterocycles. The lowest BCUT2D eigenvalue weighted by Crippen LogP contribution is -2.49. The smallest absolute Gasteiger partial charge is 0.270 e. The first kappa shape index (κ1) is 26.3. The van der Waals surface area contributed by atoms with Crippen molar-refractivity contribution in [2.45, 2.75) is 25.8 Å². The molecule has 2 fully saturated rings. The molecule has 0 radical (unpaired) electrons. The summed E-state index contributed by atoms with van der Waals surface area (Å²) in [7, 11) is 0. The number of benzene rings is 2. The standard InChI is InChI=1S/C32H38N6O2/c1-2-31(39)37-20-18-36(19-21-37)30-22-27(32(40)33-13-17-35-14-5-6-15-35)34-28-23-38(16-12-26(28)30)29-11-7-9-24-8-3-4-10-25(24)29/h2-4,7-11,22H,1,5-6,12-21,23H2,(H,33,40). The average molecular weight is 539 g/mol. The second kappa shape index (κ2) is 11.7. The number of nitrogens with zero attached hydrogens (tertiary/aromatic N) is 5. The first-order valence-corrected chi connectivity index (χ1v) is 14.5. The highest BCUT2D eigenvalue weighted by Gasteiger charge is 2.28. The van der Waals surface area contributed by atoms with Crippen LogP contribution in [0.3, 0.4) is 0 Å². The van der Waals surface area contributed by atoms with Crippen LogP contribution in [-0.4, -0.2) is 85.5 Å². The number of carbonyl (C=O) groups excluding carboxylic acids is 2. The van der Waals surface area contributed by atoms with Gasteiger partial charge in [-0.3, -0.25) is 9.59 Å². The van der Waals surface area contributed by atoms with Crippen molar-refractivity contribution in [1.82, 2.24) is 20.1 Å². The molecule has 3 aliphatic rings. The molecule has 8 heteroatoms. The van der Waals surface area contributed by atoms with Crippen molar-refractivity contribution in [1.29, 1.82) is 0 Å². The molecule has 8 nitrogen and oxygen atoms in total. The molecule has 6 rings (SSSR count). The van der Waals surface area contributed by atoms with E-state index >= 15 is 0 Å². The number of amides is 2. The quantitative estimate of drug-likeness (QED) is 0.465. The minimum absolute atomic E-state index is 0.0276. The van der Waals surface area contributed by atoms with Gasteiger partial charge in [0.25, 0.3) is 5.91 Å². The van der Waals surface area contributed by atoms with E-state index in [0.29, 0.717) is 31.9 Å². The van der Waals surface area contributed by atoms with Crippen LogP contribution in [0, 0.1) is 0 Å². The van der Waals surface area contributed by atoms with E-state index in [1.807, 2.05) is 11.0 Å². The van der Waals surface area contributed by atoms with Gasteiger partial charge in [-0.1, -0.05) is 43.0 Å². The number of carbonyl (C=O) groups is 2. The average Bonchev–Trinajstić information content (AvgIpc) is 3.53. The van der Waals surface area contributed by atoms with E-state index in [-0.39, 0.29) is 11.8 Å². The van der Waals surface area contributed by atoms with Crippen molar-refractivity contribution in [3.8, 4) is 0 Å². The summed E-state index contributed by atoms with van der Waals surface area (Å²) in [5.41, 5.74) is 4.93. The Morgan fingerprint density at radius 1 is 0.900 bits per heavy atom. The van der Waals surface area contributed by atoms with E-state index in [1.54, 1.807) is 0 Å². The maximum absolute atomic E-state index is 13.4. The Hall–Kier alpha value is -3.91. The number of anilines is 2. The van der Waals surface area contributed by atoms with Crippen LogP contribution in [0.5, 0.6) is 0 Å². The SMILES string of the molecule is C=CC(=O)N1CCN(c2cc(C(=O)NCCN3CCCC3)nc3c2CCN(c2cccc4ccccc24)C3)CC1. The highest BCUT2D eigenvalue weighted by molar-refractivity contribution is 5.95. The lowest BCUT2D eigenvalue weighted by molar-refractivity contribution is -0.126. The van der Waals surface area contributed by atoms with Crippen LogP contribution < -0.4 is 15.1 Å². The normalized spacial score (nSPS) is 17.6. The van der Waals surface area contributed by atoms with Gasteiger partial charge < -0.3 is 24.9 Å². The van der Waals surface area contributed by atoms with Crippen molar-refractivity contribution in [2.75, 3.05) is 68.7 Å². The summed E-state index contributed by atoms with van der Waals surface area (Å²) in [6.45, 7) is 11.6. The lowest BCUT2D eigenvalue weighted by Gasteiger charge is -2.39. The predicted molar refractivity (Wildman–Crippen MR) is 160 cm³/mol. The van der Waals surface area contributed by atoms with Gasteiger partial charge in [-0.25, -0.2) is 4.98 Å². The Labute approximate surface area is 236 Å². The molecule has 3 aliphatic heterocycles. The van der Waals surface area contributed by atoms with E-state index in [2.05, 4.69) is 69.1 Å². The third-order valence-corrected chi connectivity index (χ3v) is 8.52. The second-order valence-corrected chi connectivity index (χ2v) is 10.9. The van der Waals surface area contributed by atoms with Crippen LogP contribution in [0.25, 0.3) is 10.8 Å². The van der Waals surface area contributed by atoms with Gasteiger partial charge in [-0.05, 0) is 55.9 Å². The number of nitrogens with one attached hydrogen (secondary N) is 1. The fourth-order valence-corrected chi connectivity index (χ4v) is 6.33. The van der Waals surface area contributed by atoms with Crippen LogP contribution in [0.15, 0.2) is 61.2 Å². The Kier molecular flexibility index (Phi) is 7.68. The summed E-state index contributed by atoms with van der Waals surface area (Å²) in [4.78, 5) is 39.4. The van der Waals surface area contributed by atoms with E-state index in [0.717, 1.165) is 57.1 Å². The monoisotopic (exact) mass is 538 g/mol. The van der Waals surface area contributed by atoms with Crippen molar-refractivity contribution in [2.24, 2.45) is 0 Å². The van der Waals surface area contributed by atoms with Crippen LogP contribution in [0.2, 0.25) is 0 Å². The zero-order valence-electron chi connectivity index (χ0n) is 23.1. The van der Waals surface area contributed by atoms with Gasteiger partial charge in [0.15, 0.2) is 0 Å². The minimum Gasteiger partial charge on any atom is -0.368 e. The molecule has 208 valence electrons. The largest absolute Gasteiger partial charge is 0.368 e. The third-order valence-electron chi connectivity index (χ3n) is 8.52. The number of aromatic nitrogens is 1. The summed E-state index contributed by atoms with van der Waals surface area (Å²) in [6, 6.07) is 16.9. The maximum atomic E-state index is 13.4. The van der Waals surface area contributed by atoms with Gasteiger partial charge in [0.2, 0.25) is 5.91 Å². The first-order valence-electron chi connectivity index (χ1n) is 14.5. The van der Waals surface area contributed by atoms with Gasteiger partial charge in [-0.15, -0.1) is 0 Å². The minimum atomic E-state index is -0.119. The summed E-state index contributed by atoms with van der Waals surface area (Å²) in [5.74, 6) is -0.147. The molecule has 4 heterocycles. The van der Waals surface area contributed by atoms with Crippen molar-refractivity contribution in [3.05, 3.63) is 78.1 Å². The predicted octanol–water partition coefficient (Wildman–Crippen LogP) is 3.46. The molecule has 2 aromatic carbocycles. The number of fused-ring (bicyclic) bond motifs is 2. The highest BCUT2D eigenvalue weighted by atomic mass is 16.2. The zero-order valence-corrected chi connectivity index (χ0v) is 23.1. The molecule has 0 unspecified atom stereocenters. The lowest BCUT2D eigenvalue weighted by atomic mass is 9.98. The Bertz CT molecular complexity index is 1400. The molecule has 0 bridgehead atoms. The zero-order chi connectivity index (χ0) is 27.5. The van der Waals surface area contributed by atoms with E-state index in [4.69, 9.17) is 4.98 Å². The summed E-state index contributed by atoms with van der Waals surface area (Å²) in [6.07, 6.45) is 4.71. The molecule has 3 aromatic rings. The fourth-order valence-electron chi connectivity index (χ4n) is 6.33. The first-order chi connectivity index (χ1) is 19.6. The molecular weight excluding hydrogens is 500 g/mol. The van der Waals surface area contributed by atoms with Crippen LogP contribution in [0.1, 0.15) is 34.6 Å². The number of likely N-dealkylation sites (tertiary alicyclic amines) is 1. The maximum Gasteiger partial charge on any atom is 0.270 e. The number of pyridine rings is 1. The molecule has 0 aliphatic carbocycles. The van der Waals surface area contributed by atoms with Crippen LogP contribution >= 0.6 is 0 Å². The summed E-state index contributed by atoms with van der Waals surface area (Å²) < 4.78 is 0. The Morgan fingerprint density at radius 2 is 1.68 bits per heavy atom. The number of hydrogen-bond acceptors (Lipinski definition) is 6. The van der Waals surface area contributed by atoms with Gasteiger partial charge >= 0.3 is 0 Å². The van der Waals surface area contributed by atoms with E-state index < -0.39 is 0 Å². The van der Waals surface area contributed by atoms with Crippen LogP contribution in [-0.2, 0) is 17.8 Å². The molecule has 40 heavy (non-hydrogen) atoms.